The van der Waals surface area contributed by atoms with E-state index in [0.717, 1.165) is 112 Å². The van der Waals surface area contributed by atoms with Gasteiger partial charge < -0.3 is 18.3 Å². The van der Waals surface area contributed by atoms with E-state index in [1.165, 1.54) is 22.2 Å². The first-order valence-electron chi connectivity index (χ1n) is 21.2. The number of anilines is 3. The molecule has 0 radical (unpaired) electrons. The number of fused-ring (bicyclic) bond motifs is 11. The fraction of sp³-hybridized carbons (Fsp3) is 0.0345. The predicted molar refractivity (Wildman–Crippen MR) is 256 cm³/mol. The number of rotatable bonds is 6. The third-order valence-electron chi connectivity index (χ3n) is 12.7. The molecule has 0 N–H and O–H groups in total. The van der Waals surface area contributed by atoms with Crippen molar-refractivity contribution in [1.82, 2.24) is 4.57 Å². The maximum Gasteiger partial charge on any atom is 0.143 e. The molecule has 0 saturated carbocycles. The standard InChI is InChI=1S/C58H36N2O2/c1-2-15-44-37(13-1)31-36-48-57-52(23-12-26-55(57)62-58(44)48)59(41-34-29-39(30-35-41)43-19-11-25-54-56(43)47-18-6-10-24-53(47)61-54)40-32-27-38(28-33-40)42-14-3-7-20-49(42)60-50-21-8-4-16-45(50)46-17-5-9-22-51(46)60/h1-8,10-21,23-27,29-32,34-36H,9,22H2. The van der Waals surface area contributed by atoms with Crippen LogP contribution >= 0.6 is 0 Å². The Bertz CT molecular complexity index is 3750. The monoisotopic (exact) mass is 792 g/mol. The maximum absolute atomic E-state index is 6.71. The highest BCUT2D eigenvalue weighted by Crippen LogP contribution is 2.45. The van der Waals surface area contributed by atoms with Crippen molar-refractivity contribution in [2.45, 2.75) is 12.8 Å². The Morgan fingerprint density at radius 1 is 0.516 bits per heavy atom. The van der Waals surface area contributed by atoms with Crippen LogP contribution in [-0.4, -0.2) is 4.57 Å². The fourth-order valence-electron chi connectivity index (χ4n) is 9.94. The lowest BCUT2D eigenvalue weighted by atomic mass is 9.99. The molecule has 0 spiro atoms. The second kappa shape index (κ2) is 13.6. The molecule has 0 aliphatic heterocycles. The Labute approximate surface area is 357 Å². The van der Waals surface area contributed by atoms with Crippen LogP contribution in [0.15, 0.2) is 197 Å². The quantitative estimate of drug-likeness (QED) is 0.168. The van der Waals surface area contributed by atoms with Crippen molar-refractivity contribution in [2.75, 3.05) is 4.90 Å². The number of hydrogen-bond donors (Lipinski definition) is 0. The van der Waals surface area contributed by atoms with E-state index < -0.39 is 0 Å². The van der Waals surface area contributed by atoms with Gasteiger partial charge in [0.05, 0.1) is 28.0 Å². The first-order chi connectivity index (χ1) is 30.8. The molecular weight excluding hydrogens is 757 g/mol. The van der Waals surface area contributed by atoms with E-state index in [9.17, 15) is 0 Å². The molecule has 9 aromatic carbocycles. The van der Waals surface area contributed by atoms with Gasteiger partial charge in [-0.25, -0.2) is 0 Å². The largest absolute Gasteiger partial charge is 0.456 e. The third-order valence-corrected chi connectivity index (χ3v) is 12.7. The van der Waals surface area contributed by atoms with Gasteiger partial charge in [-0.05, 0) is 102 Å². The molecule has 4 nitrogen and oxygen atoms in total. The molecule has 0 fully saturated rings. The van der Waals surface area contributed by atoms with Gasteiger partial charge in [0.15, 0.2) is 0 Å². The molecule has 0 amide bonds. The van der Waals surface area contributed by atoms with Crippen LogP contribution in [0.5, 0.6) is 0 Å². The van der Waals surface area contributed by atoms with Gasteiger partial charge >= 0.3 is 0 Å². The molecule has 1 aliphatic rings. The van der Waals surface area contributed by atoms with Crippen LogP contribution in [0, 0.1) is 12.1 Å². The SMILES string of the molecule is c1c(-c2ccccc2-n2c3c(c4ccccc42)C=CCC3)ccc(N(c2ccc(-c3cccc4oc5ccccc5c34)cc2)c2cccc3oc4c5ccccc5ccc4c23)c#1. The lowest BCUT2D eigenvalue weighted by Crippen LogP contribution is -2.10. The summed E-state index contributed by atoms with van der Waals surface area (Å²) in [6.07, 6.45) is 6.61. The Kier molecular flexibility index (Phi) is 7.61. The van der Waals surface area contributed by atoms with Crippen LogP contribution in [0.25, 0.3) is 99.6 Å². The Morgan fingerprint density at radius 2 is 1.26 bits per heavy atom. The summed E-state index contributed by atoms with van der Waals surface area (Å²) in [5.41, 5.74) is 15.7. The summed E-state index contributed by atoms with van der Waals surface area (Å²) in [4.78, 5) is 2.29. The van der Waals surface area contributed by atoms with Crippen molar-refractivity contribution >= 4 is 88.7 Å². The van der Waals surface area contributed by atoms with Crippen molar-refractivity contribution in [2.24, 2.45) is 0 Å². The Hall–Kier alpha value is -8.26. The Morgan fingerprint density at radius 3 is 2.15 bits per heavy atom. The number of aromatic nitrogens is 1. The third kappa shape index (κ3) is 5.22. The number of hydrogen-bond acceptors (Lipinski definition) is 3. The van der Waals surface area contributed by atoms with E-state index in [2.05, 4.69) is 198 Å². The predicted octanol–water partition coefficient (Wildman–Crippen LogP) is 15.9. The van der Waals surface area contributed by atoms with Gasteiger partial charge in [0, 0.05) is 55.0 Å². The van der Waals surface area contributed by atoms with E-state index in [1.807, 2.05) is 18.2 Å². The van der Waals surface area contributed by atoms with Crippen LogP contribution in [-0.2, 0) is 6.42 Å². The zero-order valence-corrected chi connectivity index (χ0v) is 33.6. The molecule has 290 valence electrons. The van der Waals surface area contributed by atoms with Gasteiger partial charge in [-0.15, -0.1) is 0 Å². The van der Waals surface area contributed by atoms with Crippen LogP contribution < -0.4 is 4.90 Å². The van der Waals surface area contributed by atoms with Crippen LogP contribution in [0.1, 0.15) is 17.7 Å². The molecular formula is C58H36N2O2. The number of para-hydroxylation sites is 3. The van der Waals surface area contributed by atoms with Gasteiger partial charge in [0.2, 0.25) is 0 Å². The van der Waals surface area contributed by atoms with Crippen LogP contribution in [0.4, 0.5) is 17.1 Å². The molecule has 1 aliphatic carbocycles. The van der Waals surface area contributed by atoms with Gasteiger partial charge in [0.25, 0.3) is 0 Å². The highest BCUT2D eigenvalue weighted by molar-refractivity contribution is 6.19. The summed E-state index contributed by atoms with van der Waals surface area (Å²) in [6.45, 7) is 0. The lowest BCUT2D eigenvalue weighted by Gasteiger charge is -2.25. The van der Waals surface area contributed by atoms with Gasteiger partial charge in [0.1, 0.15) is 22.3 Å². The van der Waals surface area contributed by atoms with Crippen molar-refractivity contribution in [3.8, 4) is 27.9 Å². The summed E-state index contributed by atoms with van der Waals surface area (Å²) < 4.78 is 15.4. The van der Waals surface area contributed by atoms with Crippen molar-refractivity contribution in [3.05, 3.63) is 211 Å². The second-order valence-electron chi connectivity index (χ2n) is 16.1. The number of furan rings is 2. The molecule has 0 saturated heterocycles. The molecule has 12 aromatic rings. The normalized spacial score (nSPS) is 12.5. The highest BCUT2D eigenvalue weighted by Gasteiger charge is 2.23. The number of allylic oxidation sites excluding steroid dienone is 1. The second-order valence-corrected chi connectivity index (χ2v) is 16.1. The molecule has 3 aromatic heterocycles. The van der Waals surface area contributed by atoms with Gasteiger partial charge in [-0.3, -0.25) is 0 Å². The summed E-state index contributed by atoms with van der Waals surface area (Å²) >= 11 is 0. The zero-order chi connectivity index (χ0) is 40.7. The number of nitrogens with zero attached hydrogens (tertiary/aromatic N) is 2. The molecule has 4 heteroatoms. The smallest absolute Gasteiger partial charge is 0.143 e. The average molecular weight is 793 g/mol. The molecule has 3 heterocycles. The minimum Gasteiger partial charge on any atom is -0.456 e. The summed E-state index contributed by atoms with van der Waals surface area (Å²) in [7, 11) is 0. The minimum absolute atomic E-state index is 0.834. The topological polar surface area (TPSA) is 34.5 Å². The summed E-state index contributed by atoms with van der Waals surface area (Å²) in [6, 6.07) is 71.7. The minimum atomic E-state index is 0.834. The summed E-state index contributed by atoms with van der Waals surface area (Å²) in [5, 5.41) is 7.89. The van der Waals surface area contributed by atoms with Crippen molar-refractivity contribution < 1.29 is 8.83 Å². The van der Waals surface area contributed by atoms with Crippen molar-refractivity contribution in [1.29, 1.82) is 0 Å². The van der Waals surface area contributed by atoms with E-state index in [4.69, 9.17) is 8.83 Å². The van der Waals surface area contributed by atoms with Crippen LogP contribution in [0.3, 0.4) is 0 Å². The fourth-order valence-corrected chi connectivity index (χ4v) is 9.94. The van der Waals surface area contributed by atoms with Crippen molar-refractivity contribution in [3.63, 3.8) is 0 Å². The van der Waals surface area contributed by atoms with E-state index in [1.54, 1.807) is 0 Å². The first kappa shape index (κ1) is 34.6. The number of benzene rings is 8. The lowest BCUT2D eigenvalue weighted by molar-refractivity contribution is 0.669. The average Bonchev–Trinajstić information content (AvgIpc) is 4.03. The Balaban J connectivity index is 0.977. The molecule has 0 unspecified atom stereocenters. The van der Waals surface area contributed by atoms with E-state index in [-0.39, 0.29) is 0 Å². The molecule has 0 atom stereocenters. The zero-order valence-electron chi connectivity index (χ0n) is 33.6. The van der Waals surface area contributed by atoms with Gasteiger partial charge in [-0.2, -0.15) is 0 Å². The van der Waals surface area contributed by atoms with Crippen LogP contribution in [0.2, 0.25) is 0 Å². The maximum atomic E-state index is 6.71. The molecule has 0 bridgehead atoms. The highest BCUT2D eigenvalue weighted by atomic mass is 16.3. The van der Waals surface area contributed by atoms with Gasteiger partial charge in [-0.1, -0.05) is 133 Å². The molecule has 13 rings (SSSR count). The van der Waals surface area contributed by atoms with E-state index >= 15 is 0 Å². The first-order valence-corrected chi connectivity index (χ1v) is 21.2. The summed E-state index contributed by atoms with van der Waals surface area (Å²) in [5.74, 6) is 0. The molecule has 62 heavy (non-hydrogen) atoms. The van der Waals surface area contributed by atoms with E-state index in [0.29, 0.717) is 0 Å².